The number of nitrogens with zero attached hydrogens (tertiary/aromatic N) is 1. The zero-order valence-corrected chi connectivity index (χ0v) is 26.2. The van der Waals surface area contributed by atoms with Crippen LogP contribution in [-0.4, -0.2) is 58.9 Å². The van der Waals surface area contributed by atoms with Crippen LogP contribution in [0.4, 0.5) is 23.7 Å². The van der Waals surface area contributed by atoms with Crippen LogP contribution in [0.2, 0.25) is 0 Å². The number of benzene rings is 3. The van der Waals surface area contributed by atoms with Gasteiger partial charge in [-0.05, 0) is 72.7 Å². The van der Waals surface area contributed by atoms with Gasteiger partial charge in [0.25, 0.3) is 0 Å². The molecular weight excluding hydrogens is 615 g/mol. The third-order valence-electron chi connectivity index (χ3n) is 8.00. The molecule has 0 saturated heterocycles. The molecule has 0 bridgehead atoms. The summed E-state index contributed by atoms with van der Waals surface area (Å²) >= 11 is 0. The molecule has 0 unspecified atom stereocenters. The molecule has 0 radical (unpaired) electrons. The molecule has 0 aliphatic carbocycles. The van der Waals surface area contributed by atoms with E-state index in [0.29, 0.717) is 16.8 Å². The second-order valence-electron chi connectivity index (χ2n) is 12.3. The first-order valence-electron chi connectivity index (χ1n) is 15.2. The molecule has 1 aliphatic rings. The molecule has 13 heteroatoms. The lowest BCUT2D eigenvalue weighted by Gasteiger charge is -2.29. The van der Waals surface area contributed by atoms with E-state index in [2.05, 4.69) is 16.0 Å². The van der Waals surface area contributed by atoms with Gasteiger partial charge in [0.1, 0.15) is 6.04 Å². The van der Waals surface area contributed by atoms with E-state index in [-0.39, 0.29) is 38.9 Å². The van der Waals surface area contributed by atoms with E-state index in [1.807, 2.05) is 48.5 Å². The molecule has 1 aliphatic heterocycles. The highest BCUT2D eigenvalue weighted by Crippen LogP contribution is 2.36. The molecule has 2 atom stereocenters. The van der Waals surface area contributed by atoms with Crippen LogP contribution >= 0.6 is 0 Å². The first-order chi connectivity index (χ1) is 22.2. The molecule has 3 aromatic carbocycles. The van der Waals surface area contributed by atoms with Crippen LogP contribution < -0.4 is 26.6 Å². The van der Waals surface area contributed by atoms with Crippen molar-refractivity contribution in [3.63, 3.8) is 0 Å². The predicted molar refractivity (Wildman–Crippen MR) is 171 cm³/mol. The van der Waals surface area contributed by atoms with Crippen molar-refractivity contribution in [2.75, 3.05) is 18.1 Å². The van der Waals surface area contributed by atoms with Gasteiger partial charge in [0.2, 0.25) is 11.8 Å². The van der Waals surface area contributed by atoms with Gasteiger partial charge in [-0.25, -0.2) is 4.79 Å². The SMILES string of the molecule is CC(C)(CC(=O)N[C@@H]1CCc2cc(C(F)(F)F)ccc2N(Cc2ccc(-c3ccccc3CNC(N)=O)cc2)C1=O)NC[C@H](O)CO. The lowest BCUT2D eigenvalue weighted by molar-refractivity contribution is -0.137. The average molecular weight is 656 g/mol. The molecule has 0 spiro atoms. The van der Waals surface area contributed by atoms with Gasteiger partial charge in [0.15, 0.2) is 0 Å². The number of carbonyl (C=O) groups excluding carboxylic acids is 3. The number of hydrogen-bond donors (Lipinski definition) is 6. The predicted octanol–water partition coefficient (Wildman–Crippen LogP) is 3.62. The summed E-state index contributed by atoms with van der Waals surface area (Å²) in [6, 6.07) is 16.5. The molecule has 0 saturated carbocycles. The second-order valence-corrected chi connectivity index (χ2v) is 12.3. The lowest BCUT2D eigenvalue weighted by Crippen LogP contribution is -2.51. The van der Waals surface area contributed by atoms with Crippen molar-refractivity contribution in [2.24, 2.45) is 5.73 Å². The van der Waals surface area contributed by atoms with Crippen LogP contribution in [0, 0.1) is 0 Å². The average Bonchev–Trinajstić information content (AvgIpc) is 3.14. The number of alkyl halides is 3. The Balaban J connectivity index is 1.58. The largest absolute Gasteiger partial charge is 0.416 e. The molecular formula is C34H40F3N5O5. The Hall–Kier alpha value is -4.46. The maximum atomic E-state index is 14.0. The number of aliphatic hydroxyl groups excluding tert-OH is 2. The van der Waals surface area contributed by atoms with Crippen LogP contribution in [0.5, 0.6) is 0 Å². The molecule has 3 aromatic rings. The summed E-state index contributed by atoms with van der Waals surface area (Å²) in [6.45, 7) is 3.37. The van der Waals surface area contributed by atoms with E-state index < -0.39 is 53.9 Å². The third-order valence-corrected chi connectivity index (χ3v) is 8.00. The topological polar surface area (TPSA) is 157 Å². The highest BCUT2D eigenvalue weighted by atomic mass is 19.4. The van der Waals surface area contributed by atoms with E-state index >= 15 is 0 Å². The van der Waals surface area contributed by atoms with E-state index in [1.165, 1.54) is 11.0 Å². The van der Waals surface area contributed by atoms with Gasteiger partial charge in [-0.15, -0.1) is 0 Å². The minimum atomic E-state index is -4.56. The van der Waals surface area contributed by atoms with Gasteiger partial charge in [-0.3, -0.25) is 9.59 Å². The van der Waals surface area contributed by atoms with Gasteiger partial charge in [0, 0.05) is 30.7 Å². The number of aryl methyl sites for hydroxylation is 1. The number of urea groups is 1. The number of rotatable bonds is 12. The number of halogens is 3. The number of carbonyl (C=O) groups is 3. The zero-order valence-electron chi connectivity index (χ0n) is 26.2. The number of nitrogens with two attached hydrogens (primary N) is 1. The van der Waals surface area contributed by atoms with E-state index in [0.717, 1.165) is 28.8 Å². The normalized spacial score (nSPS) is 15.9. The summed E-state index contributed by atoms with van der Waals surface area (Å²) in [5, 5.41) is 27.1. The van der Waals surface area contributed by atoms with Crippen LogP contribution in [0.3, 0.4) is 0 Å². The Kier molecular flexibility index (Phi) is 11.3. The van der Waals surface area contributed by atoms with Crippen LogP contribution in [-0.2, 0) is 35.3 Å². The number of fused-ring (bicyclic) bond motifs is 1. The summed E-state index contributed by atoms with van der Waals surface area (Å²) in [6.07, 6.45) is -5.40. The van der Waals surface area contributed by atoms with Gasteiger partial charge >= 0.3 is 12.2 Å². The van der Waals surface area contributed by atoms with Crippen LogP contribution in [0.25, 0.3) is 11.1 Å². The fraction of sp³-hybridized carbons (Fsp3) is 0.382. The molecule has 47 heavy (non-hydrogen) atoms. The van der Waals surface area contributed by atoms with Crippen molar-refractivity contribution in [2.45, 2.75) is 70.1 Å². The number of aliphatic hydroxyl groups is 2. The van der Waals surface area contributed by atoms with Crippen molar-refractivity contribution in [1.29, 1.82) is 0 Å². The van der Waals surface area contributed by atoms with Crippen molar-refractivity contribution in [3.8, 4) is 11.1 Å². The van der Waals surface area contributed by atoms with Gasteiger partial charge in [0.05, 0.1) is 24.8 Å². The number of nitrogens with one attached hydrogen (secondary N) is 3. The Bertz CT molecular complexity index is 1580. The van der Waals surface area contributed by atoms with Gasteiger partial charge in [-0.2, -0.15) is 13.2 Å². The fourth-order valence-corrected chi connectivity index (χ4v) is 5.53. The molecule has 252 valence electrons. The summed E-state index contributed by atoms with van der Waals surface area (Å²) < 4.78 is 40.8. The van der Waals surface area contributed by atoms with Gasteiger partial charge in [-0.1, -0.05) is 48.5 Å². The van der Waals surface area contributed by atoms with E-state index in [4.69, 9.17) is 10.8 Å². The smallest absolute Gasteiger partial charge is 0.394 e. The molecule has 1 heterocycles. The third kappa shape index (κ3) is 9.53. The van der Waals surface area contributed by atoms with Crippen LogP contribution in [0.15, 0.2) is 66.7 Å². The Morgan fingerprint density at radius 3 is 2.43 bits per heavy atom. The second kappa shape index (κ2) is 15.0. The van der Waals surface area contributed by atoms with Crippen molar-refractivity contribution in [3.05, 3.63) is 89.0 Å². The number of hydrogen-bond acceptors (Lipinski definition) is 6. The van der Waals surface area contributed by atoms with Crippen molar-refractivity contribution in [1.82, 2.24) is 16.0 Å². The highest BCUT2D eigenvalue weighted by molar-refractivity contribution is 6.00. The standard InChI is InChI=1S/C34H40F3N5O5/c1-33(2,40-18-26(44)20-43)16-30(45)41-28-13-11-23-15-25(34(35,36)37)12-14-29(23)42(31(28)46)19-21-7-9-22(10-8-21)27-6-4-3-5-24(27)17-39-32(38)47/h3-10,12,14-15,26,28,40,43-44H,11,13,16-20H2,1-2H3,(H,41,45)(H3,38,39,47)/t26-,28+/m0/s1. The zero-order chi connectivity index (χ0) is 34.4. The molecule has 4 amide bonds. The molecule has 0 aromatic heterocycles. The first kappa shape index (κ1) is 35.4. The van der Waals surface area contributed by atoms with E-state index in [9.17, 15) is 32.7 Å². The molecule has 4 rings (SSSR count). The maximum absolute atomic E-state index is 14.0. The van der Waals surface area contributed by atoms with Crippen molar-refractivity contribution >= 4 is 23.5 Å². The number of anilines is 1. The highest BCUT2D eigenvalue weighted by Gasteiger charge is 2.36. The Labute approximate surface area is 271 Å². The number of β-amino-alcohol motifs (C(OH)–C–C–N with tert-alkyl or cyclic N) is 1. The van der Waals surface area contributed by atoms with Gasteiger partial charge < -0.3 is 36.8 Å². The molecule has 10 nitrogen and oxygen atoms in total. The Morgan fingerprint density at radius 1 is 1.06 bits per heavy atom. The lowest BCUT2D eigenvalue weighted by atomic mass is 9.98. The fourth-order valence-electron chi connectivity index (χ4n) is 5.53. The minimum Gasteiger partial charge on any atom is -0.394 e. The summed E-state index contributed by atoms with van der Waals surface area (Å²) in [5.74, 6) is -0.902. The molecule has 7 N–H and O–H groups in total. The monoisotopic (exact) mass is 655 g/mol. The summed E-state index contributed by atoms with van der Waals surface area (Å²) in [4.78, 5) is 39.7. The summed E-state index contributed by atoms with van der Waals surface area (Å²) in [7, 11) is 0. The quantitative estimate of drug-likeness (QED) is 0.175. The van der Waals surface area contributed by atoms with E-state index in [1.54, 1.807) is 13.8 Å². The van der Waals surface area contributed by atoms with Crippen molar-refractivity contribution < 1.29 is 37.8 Å². The Morgan fingerprint density at radius 2 is 1.77 bits per heavy atom. The minimum absolute atomic E-state index is 0.0425. The maximum Gasteiger partial charge on any atom is 0.416 e. The number of amides is 4. The summed E-state index contributed by atoms with van der Waals surface area (Å²) in [5.41, 5.74) is 7.59. The number of primary amides is 1. The molecule has 0 fully saturated rings. The first-order valence-corrected chi connectivity index (χ1v) is 15.2. The van der Waals surface area contributed by atoms with Crippen LogP contribution in [0.1, 0.15) is 48.9 Å².